The number of likely N-dealkylation sites (N-methyl/N-ethyl adjacent to an activating group) is 1. The summed E-state index contributed by atoms with van der Waals surface area (Å²) >= 11 is 1.67. The van der Waals surface area contributed by atoms with Crippen LogP contribution in [0.5, 0.6) is 0 Å². The van der Waals surface area contributed by atoms with Crippen LogP contribution in [-0.4, -0.2) is 35.2 Å². The molecule has 2 N–H and O–H groups in total. The number of nitrogens with one attached hydrogen (secondary N) is 1. The Morgan fingerprint density at radius 3 is 2.58 bits per heavy atom. The molecule has 0 saturated carbocycles. The molecule has 0 fully saturated rings. The van der Waals surface area contributed by atoms with Crippen molar-refractivity contribution in [1.82, 2.24) is 5.32 Å². The maximum Gasteiger partial charge on any atom is 0.324 e. The van der Waals surface area contributed by atoms with Crippen LogP contribution in [0.4, 0.5) is 0 Å². The van der Waals surface area contributed by atoms with Gasteiger partial charge in [0.05, 0.1) is 0 Å². The Morgan fingerprint density at radius 2 is 2.25 bits per heavy atom. The third-order valence-electron chi connectivity index (χ3n) is 1.76. The average Bonchev–Trinajstić information content (AvgIpc) is 2.04. The third-order valence-corrected chi connectivity index (χ3v) is 3.24. The van der Waals surface area contributed by atoms with Gasteiger partial charge < -0.3 is 10.4 Å². The molecule has 0 saturated heterocycles. The summed E-state index contributed by atoms with van der Waals surface area (Å²) in [6.07, 6.45) is 1.09. The van der Waals surface area contributed by atoms with E-state index in [2.05, 4.69) is 12.2 Å². The number of hydrogen-bond acceptors (Lipinski definition) is 3. The van der Waals surface area contributed by atoms with Crippen LogP contribution in [0.15, 0.2) is 0 Å². The van der Waals surface area contributed by atoms with Crippen molar-refractivity contribution in [3.8, 4) is 0 Å². The van der Waals surface area contributed by atoms with Crippen LogP contribution in [0.1, 0.15) is 20.3 Å². The van der Waals surface area contributed by atoms with E-state index >= 15 is 0 Å². The zero-order valence-corrected chi connectivity index (χ0v) is 8.70. The Labute approximate surface area is 77.9 Å². The van der Waals surface area contributed by atoms with Gasteiger partial charge in [-0.25, -0.2) is 0 Å². The van der Waals surface area contributed by atoms with E-state index in [4.69, 9.17) is 5.11 Å². The summed E-state index contributed by atoms with van der Waals surface area (Å²) in [6, 6.07) is 0. The zero-order valence-electron chi connectivity index (χ0n) is 7.89. The smallest absolute Gasteiger partial charge is 0.324 e. The molecule has 72 valence electrons. The molecule has 1 unspecified atom stereocenters. The van der Waals surface area contributed by atoms with Gasteiger partial charge >= 0.3 is 5.97 Å². The van der Waals surface area contributed by atoms with E-state index in [0.29, 0.717) is 5.75 Å². The molecule has 0 aromatic heterocycles. The summed E-state index contributed by atoms with van der Waals surface area (Å²) in [4.78, 5) is 10.8. The van der Waals surface area contributed by atoms with Crippen molar-refractivity contribution in [3.05, 3.63) is 0 Å². The van der Waals surface area contributed by atoms with E-state index in [1.807, 2.05) is 0 Å². The molecule has 0 aromatic carbocycles. The molecule has 0 aromatic rings. The molecular weight excluding hydrogens is 174 g/mol. The van der Waals surface area contributed by atoms with E-state index in [1.165, 1.54) is 0 Å². The monoisotopic (exact) mass is 191 g/mol. The summed E-state index contributed by atoms with van der Waals surface area (Å²) in [5.74, 6) is 0.852. The number of aliphatic carboxylic acids is 1. The number of hydrogen-bond donors (Lipinski definition) is 2. The lowest BCUT2D eigenvalue weighted by Gasteiger charge is -2.23. The highest BCUT2D eigenvalue weighted by Gasteiger charge is 2.30. The number of carboxylic acids is 1. The summed E-state index contributed by atoms with van der Waals surface area (Å²) in [7, 11) is 1.68. The molecule has 0 aliphatic carbocycles. The van der Waals surface area contributed by atoms with Gasteiger partial charge in [0.15, 0.2) is 0 Å². The van der Waals surface area contributed by atoms with Crippen LogP contribution < -0.4 is 5.32 Å². The van der Waals surface area contributed by atoms with Gasteiger partial charge in [0.1, 0.15) is 5.54 Å². The van der Waals surface area contributed by atoms with Crippen LogP contribution in [0, 0.1) is 0 Å². The standard InChI is InChI=1S/C8H17NO2S/c1-4-5-12-6-8(2,9-3)7(10)11/h9H,4-6H2,1-3H3,(H,10,11). The third kappa shape index (κ3) is 3.45. The van der Waals surface area contributed by atoms with Crippen LogP contribution in [0.25, 0.3) is 0 Å². The summed E-state index contributed by atoms with van der Waals surface area (Å²) in [5, 5.41) is 11.7. The fourth-order valence-corrected chi connectivity index (χ4v) is 1.77. The Balaban J connectivity index is 3.88. The van der Waals surface area contributed by atoms with Gasteiger partial charge in [-0.3, -0.25) is 4.79 Å². The molecule has 0 aliphatic rings. The van der Waals surface area contributed by atoms with E-state index in [0.717, 1.165) is 12.2 Å². The first-order chi connectivity index (χ1) is 5.56. The molecule has 1 atom stereocenters. The van der Waals surface area contributed by atoms with Crippen molar-refractivity contribution in [2.75, 3.05) is 18.6 Å². The first-order valence-corrected chi connectivity index (χ1v) is 5.22. The molecule has 12 heavy (non-hydrogen) atoms. The normalized spacial score (nSPS) is 15.6. The number of rotatable bonds is 6. The zero-order chi connectivity index (χ0) is 9.61. The van der Waals surface area contributed by atoms with Crippen LogP contribution in [0.3, 0.4) is 0 Å². The fourth-order valence-electron chi connectivity index (χ4n) is 0.661. The van der Waals surface area contributed by atoms with Gasteiger partial charge in [0.25, 0.3) is 0 Å². The highest BCUT2D eigenvalue weighted by molar-refractivity contribution is 7.99. The first-order valence-electron chi connectivity index (χ1n) is 4.07. The number of carbonyl (C=O) groups is 1. The molecule has 0 bridgehead atoms. The summed E-state index contributed by atoms with van der Waals surface area (Å²) in [6.45, 7) is 3.79. The van der Waals surface area contributed by atoms with E-state index in [-0.39, 0.29) is 0 Å². The van der Waals surface area contributed by atoms with Crippen LogP contribution >= 0.6 is 11.8 Å². The number of carboxylic acid groups (broad SMARTS) is 1. The van der Waals surface area contributed by atoms with Crippen LogP contribution in [-0.2, 0) is 4.79 Å². The van der Waals surface area contributed by atoms with Crippen molar-refractivity contribution in [2.24, 2.45) is 0 Å². The van der Waals surface area contributed by atoms with E-state index < -0.39 is 11.5 Å². The Kier molecular flexibility index (Phi) is 5.33. The largest absolute Gasteiger partial charge is 0.480 e. The summed E-state index contributed by atoms with van der Waals surface area (Å²) < 4.78 is 0. The molecule has 0 rings (SSSR count). The minimum Gasteiger partial charge on any atom is -0.480 e. The predicted molar refractivity (Wildman–Crippen MR) is 52.7 cm³/mol. The van der Waals surface area contributed by atoms with Crippen molar-refractivity contribution in [2.45, 2.75) is 25.8 Å². The fraction of sp³-hybridized carbons (Fsp3) is 0.875. The van der Waals surface area contributed by atoms with E-state index in [9.17, 15) is 4.79 Å². The second-order valence-electron chi connectivity index (χ2n) is 2.94. The Morgan fingerprint density at radius 1 is 1.67 bits per heavy atom. The Hall–Kier alpha value is -0.220. The highest BCUT2D eigenvalue weighted by atomic mass is 32.2. The lowest BCUT2D eigenvalue weighted by atomic mass is 10.1. The predicted octanol–water partition coefficient (Wildman–Crippen LogP) is 1.19. The quantitative estimate of drug-likeness (QED) is 0.619. The molecule has 0 amide bonds. The van der Waals surface area contributed by atoms with Gasteiger partial charge in [0.2, 0.25) is 0 Å². The second-order valence-corrected chi connectivity index (χ2v) is 4.05. The maximum absolute atomic E-state index is 10.8. The first kappa shape index (κ1) is 11.8. The van der Waals surface area contributed by atoms with Gasteiger partial charge in [0, 0.05) is 5.75 Å². The lowest BCUT2D eigenvalue weighted by Crippen LogP contribution is -2.49. The van der Waals surface area contributed by atoms with Gasteiger partial charge in [-0.15, -0.1) is 0 Å². The van der Waals surface area contributed by atoms with Gasteiger partial charge in [-0.05, 0) is 26.1 Å². The topological polar surface area (TPSA) is 49.3 Å². The van der Waals surface area contributed by atoms with Gasteiger partial charge in [-0.2, -0.15) is 11.8 Å². The van der Waals surface area contributed by atoms with E-state index in [1.54, 1.807) is 25.7 Å². The molecule has 4 heteroatoms. The maximum atomic E-state index is 10.8. The Bertz CT molecular complexity index is 152. The second kappa shape index (κ2) is 5.43. The van der Waals surface area contributed by atoms with Crippen LogP contribution in [0.2, 0.25) is 0 Å². The minimum atomic E-state index is -0.784. The average molecular weight is 191 g/mol. The molecular formula is C8H17NO2S. The van der Waals surface area contributed by atoms with Crippen molar-refractivity contribution in [1.29, 1.82) is 0 Å². The van der Waals surface area contributed by atoms with Crippen molar-refractivity contribution < 1.29 is 9.90 Å². The SMILES string of the molecule is CCCSCC(C)(NC)C(=O)O. The highest BCUT2D eigenvalue weighted by Crippen LogP contribution is 2.13. The molecule has 0 radical (unpaired) electrons. The molecule has 0 spiro atoms. The molecule has 0 aliphatic heterocycles. The minimum absolute atomic E-state index is 0.618. The molecule has 3 nitrogen and oxygen atoms in total. The molecule has 0 heterocycles. The van der Waals surface area contributed by atoms with Crippen molar-refractivity contribution >= 4 is 17.7 Å². The summed E-state index contributed by atoms with van der Waals surface area (Å²) in [5.41, 5.74) is -0.778. The van der Waals surface area contributed by atoms with Gasteiger partial charge in [-0.1, -0.05) is 6.92 Å². The lowest BCUT2D eigenvalue weighted by molar-refractivity contribution is -0.142. The number of thioether (sulfide) groups is 1. The van der Waals surface area contributed by atoms with Crippen molar-refractivity contribution in [3.63, 3.8) is 0 Å².